The number of rotatable bonds is 2. The van der Waals surface area contributed by atoms with Gasteiger partial charge in [0.05, 0.1) is 6.10 Å². The Hall–Kier alpha value is -0.600. The molecule has 1 rings (SSSR count). The summed E-state index contributed by atoms with van der Waals surface area (Å²) in [6.45, 7) is 3.75. The van der Waals surface area contributed by atoms with Crippen molar-refractivity contribution < 1.29 is 5.11 Å². The van der Waals surface area contributed by atoms with Gasteiger partial charge in [0.25, 0.3) is 0 Å². The predicted octanol–water partition coefficient (Wildman–Crippen LogP) is 3.23. The molecule has 0 amide bonds. The van der Waals surface area contributed by atoms with Gasteiger partial charge in [-0.2, -0.15) is 0 Å². The van der Waals surface area contributed by atoms with E-state index in [0.717, 1.165) is 15.6 Å². The lowest BCUT2D eigenvalue weighted by Crippen LogP contribution is -1.94. The van der Waals surface area contributed by atoms with Gasteiger partial charge in [-0.3, -0.25) is 0 Å². The molecule has 0 aliphatic rings. The second kappa shape index (κ2) is 4.58. The summed E-state index contributed by atoms with van der Waals surface area (Å²) < 4.78 is 1.07. The lowest BCUT2D eigenvalue weighted by Gasteiger charge is -2.03. The number of aliphatic hydroxyl groups is 1. The van der Waals surface area contributed by atoms with E-state index in [2.05, 4.69) is 15.9 Å². The van der Waals surface area contributed by atoms with Crippen LogP contribution in [0.15, 0.2) is 34.8 Å². The summed E-state index contributed by atoms with van der Waals surface area (Å²) in [6, 6.07) is 8.04. The molecule has 0 saturated heterocycles. The molecule has 1 aromatic carbocycles. The van der Waals surface area contributed by atoms with Gasteiger partial charge in [0.1, 0.15) is 0 Å². The summed E-state index contributed by atoms with van der Waals surface area (Å²) >= 11 is 3.38. The summed E-state index contributed by atoms with van der Waals surface area (Å²) in [5.74, 6) is 0. The molecule has 0 radical (unpaired) electrons. The number of hydrogen-bond donors (Lipinski definition) is 1. The van der Waals surface area contributed by atoms with Crippen molar-refractivity contribution in [2.24, 2.45) is 0 Å². The van der Waals surface area contributed by atoms with Gasteiger partial charge in [-0.25, -0.2) is 0 Å². The standard InChI is InChI=1S/C11H13BrO/c1-8(7-9(2)13)10-3-5-11(12)6-4-10/h3-7,9,13H,1-2H3/b8-7-. The molecule has 0 aliphatic carbocycles. The zero-order valence-electron chi connectivity index (χ0n) is 7.79. The van der Waals surface area contributed by atoms with Crippen molar-refractivity contribution in [2.75, 3.05) is 0 Å². The maximum atomic E-state index is 9.15. The number of aliphatic hydroxyl groups excluding tert-OH is 1. The van der Waals surface area contributed by atoms with Crippen molar-refractivity contribution in [2.45, 2.75) is 20.0 Å². The van der Waals surface area contributed by atoms with Crippen LogP contribution in [-0.2, 0) is 0 Å². The molecular formula is C11H13BrO. The van der Waals surface area contributed by atoms with Crippen molar-refractivity contribution in [1.82, 2.24) is 0 Å². The molecule has 1 atom stereocenters. The van der Waals surface area contributed by atoms with Crippen molar-refractivity contribution in [1.29, 1.82) is 0 Å². The lowest BCUT2D eigenvalue weighted by atomic mass is 10.1. The first-order chi connectivity index (χ1) is 6.09. The maximum absolute atomic E-state index is 9.15. The third-order valence-electron chi connectivity index (χ3n) is 1.79. The van der Waals surface area contributed by atoms with Crippen LogP contribution in [0.5, 0.6) is 0 Å². The van der Waals surface area contributed by atoms with E-state index in [4.69, 9.17) is 5.11 Å². The summed E-state index contributed by atoms with van der Waals surface area (Å²) in [5, 5.41) is 9.15. The first kappa shape index (κ1) is 10.5. The fourth-order valence-electron chi connectivity index (χ4n) is 1.17. The third-order valence-corrected chi connectivity index (χ3v) is 2.32. The first-order valence-corrected chi connectivity index (χ1v) is 5.01. The molecule has 0 aromatic heterocycles. The summed E-state index contributed by atoms with van der Waals surface area (Å²) in [5.41, 5.74) is 2.24. The highest BCUT2D eigenvalue weighted by atomic mass is 79.9. The van der Waals surface area contributed by atoms with E-state index in [-0.39, 0.29) is 6.10 Å². The molecule has 1 N–H and O–H groups in total. The van der Waals surface area contributed by atoms with Gasteiger partial charge in [-0.05, 0) is 37.1 Å². The van der Waals surface area contributed by atoms with E-state index in [1.54, 1.807) is 6.92 Å². The Labute approximate surface area is 87.2 Å². The monoisotopic (exact) mass is 240 g/mol. The van der Waals surface area contributed by atoms with Gasteiger partial charge in [-0.1, -0.05) is 34.1 Å². The van der Waals surface area contributed by atoms with Crippen molar-refractivity contribution in [3.8, 4) is 0 Å². The fraction of sp³-hybridized carbons (Fsp3) is 0.273. The van der Waals surface area contributed by atoms with Crippen LogP contribution in [0.2, 0.25) is 0 Å². The van der Waals surface area contributed by atoms with Crippen molar-refractivity contribution in [3.63, 3.8) is 0 Å². The number of halogens is 1. The Morgan fingerprint density at radius 2 is 1.92 bits per heavy atom. The van der Waals surface area contributed by atoms with Crippen LogP contribution >= 0.6 is 15.9 Å². The van der Waals surface area contributed by atoms with Gasteiger partial charge in [0, 0.05) is 4.47 Å². The highest BCUT2D eigenvalue weighted by molar-refractivity contribution is 9.10. The van der Waals surface area contributed by atoms with Crippen LogP contribution < -0.4 is 0 Å². The Balaban J connectivity index is 2.89. The van der Waals surface area contributed by atoms with Crippen molar-refractivity contribution >= 4 is 21.5 Å². The molecule has 0 fully saturated rings. The minimum atomic E-state index is -0.386. The number of allylic oxidation sites excluding steroid dienone is 1. The Kier molecular flexibility index (Phi) is 3.70. The van der Waals surface area contributed by atoms with E-state index in [0.29, 0.717) is 0 Å². The second-order valence-electron chi connectivity index (χ2n) is 3.10. The van der Waals surface area contributed by atoms with E-state index in [1.807, 2.05) is 37.3 Å². The van der Waals surface area contributed by atoms with E-state index in [1.165, 1.54) is 0 Å². The van der Waals surface area contributed by atoms with Crippen LogP contribution in [0.4, 0.5) is 0 Å². The minimum Gasteiger partial charge on any atom is -0.389 e. The number of benzene rings is 1. The average molecular weight is 241 g/mol. The predicted molar refractivity (Wildman–Crippen MR) is 59.5 cm³/mol. The highest BCUT2D eigenvalue weighted by Crippen LogP contribution is 2.17. The second-order valence-corrected chi connectivity index (χ2v) is 4.01. The molecule has 1 nitrogen and oxygen atoms in total. The van der Waals surface area contributed by atoms with Gasteiger partial charge < -0.3 is 5.11 Å². The Bertz CT molecular complexity index is 298. The SMILES string of the molecule is C/C(=C/C(C)O)c1ccc(Br)cc1. The molecule has 2 heteroatoms. The van der Waals surface area contributed by atoms with E-state index >= 15 is 0 Å². The van der Waals surface area contributed by atoms with Crippen LogP contribution in [-0.4, -0.2) is 11.2 Å². The van der Waals surface area contributed by atoms with Crippen molar-refractivity contribution in [3.05, 3.63) is 40.4 Å². The fourth-order valence-corrected chi connectivity index (χ4v) is 1.44. The summed E-state index contributed by atoms with van der Waals surface area (Å²) in [4.78, 5) is 0. The van der Waals surface area contributed by atoms with Crippen LogP contribution in [0.25, 0.3) is 5.57 Å². The van der Waals surface area contributed by atoms with Gasteiger partial charge in [0.15, 0.2) is 0 Å². The minimum absolute atomic E-state index is 0.386. The van der Waals surface area contributed by atoms with Crippen LogP contribution in [0.1, 0.15) is 19.4 Å². The molecule has 70 valence electrons. The maximum Gasteiger partial charge on any atom is 0.0698 e. The zero-order valence-corrected chi connectivity index (χ0v) is 9.38. The van der Waals surface area contributed by atoms with E-state index in [9.17, 15) is 0 Å². The summed E-state index contributed by atoms with van der Waals surface area (Å²) in [6.07, 6.45) is 1.45. The molecule has 0 spiro atoms. The Morgan fingerprint density at radius 3 is 2.38 bits per heavy atom. The molecule has 0 aliphatic heterocycles. The molecule has 0 saturated carbocycles. The molecule has 0 heterocycles. The quantitative estimate of drug-likeness (QED) is 0.842. The Morgan fingerprint density at radius 1 is 1.38 bits per heavy atom. The largest absolute Gasteiger partial charge is 0.389 e. The summed E-state index contributed by atoms with van der Waals surface area (Å²) in [7, 11) is 0. The van der Waals surface area contributed by atoms with Crippen LogP contribution in [0.3, 0.4) is 0 Å². The van der Waals surface area contributed by atoms with Gasteiger partial charge in [-0.15, -0.1) is 0 Å². The molecule has 0 bridgehead atoms. The highest BCUT2D eigenvalue weighted by Gasteiger charge is 1.96. The molecule has 13 heavy (non-hydrogen) atoms. The third kappa shape index (κ3) is 3.33. The van der Waals surface area contributed by atoms with Gasteiger partial charge in [0.2, 0.25) is 0 Å². The average Bonchev–Trinajstić information content (AvgIpc) is 2.04. The first-order valence-electron chi connectivity index (χ1n) is 4.22. The molecule has 1 unspecified atom stereocenters. The topological polar surface area (TPSA) is 20.2 Å². The smallest absolute Gasteiger partial charge is 0.0698 e. The number of hydrogen-bond acceptors (Lipinski definition) is 1. The van der Waals surface area contributed by atoms with E-state index < -0.39 is 0 Å². The van der Waals surface area contributed by atoms with Gasteiger partial charge >= 0.3 is 0 Å². The lowest BCUT2D eigenvalue weighted by molar-refractivity contribution is 0.244. The normalized spacial score (nSPS) is 14.3. The van der Waals surface area contributed by atoms with Crippen LogP contribution in [0, 0.1) is 0 Å². The molecule has 1 aromatic rings. The zero-order chi connectivity index (χ0) is 9.84. The molecular weight excluding hydrogens is 228 g/mol.